The topological polar surface area (TPSA) is 109 Å². The van der Waals surface area contributed by atoms with Crippen molar-refractivity contribution >= 4 is 75.4 Å². The van der Waals surface area contributed by atoms with E-state index < -0.39 is 58.0 Å². The molecule has 1 fully saturated rings. The summed E-state index contributed by atoms with van der Waals surface area (Å²) in [5, 5.41) is 2.70. The Kier molecular flexibility index (Phi) is 7.99. The molecule has 15 heteroatoms. The van der Waals surface area contributed by atoms with Crippen LogP contribution in [0.5, 0.6) is 5.75 Å². The molecular weight excluding hydrogens is 662 g/mol. The molecule has 0 spiro atoms. The molecule has 4 aromatic rings. The number of fused-ring (bicyclic) bond motifs is 2. The van der Waals surface area contributed by atoms with E-state index in [1.54, 1.807) is 24.3 Å². The van der Waals surface area contributed by atoms with Gasteiger partial charge in [0.25, 0.3) is 5.91 Å². The lowest BCUT2D eigenvalue weighted by Crippen LogP contribution is -2.32. The monoisotopic (exact) mass is 679 g/mol. The normalized spacial score (nSPS) is 19.5. The lowest BCUT2D eigenvalue weighted by molar-refractivity contribution is -0.137. The van der Waals surface area contributed by atoms with Crippen LogP contribution in [-0.4, -0.2) is 34.6 Å². The number of H-pyrrole nitrogens is 1. The van der Waals surface area contributed by atoms with Crippen LogP contribution in [0.3, 0.4) is 0 Å². The van der Waals surface area contributed by atoms with Gasteiger partial charge in [-0.05, 0) is 60.7 Å². The maximum atomic E-state index is 14.0. The molecule has 0 radical (unpaired) electrons. The minimum absolute atomic E-state index is 0.167. The first-order valence-electron chi connectivity index (χ1n) is 12.8. The summed E-state index contributed by atoms with van der Waals surface area (Å²) in [4.78, 5) is 56.2. The minimum Gasteiger partial charge on any atom is -0.483 e. The first-order valence-corrected chi connectivity index (χ1v) is 15.3. The van der Waals surface area contributed by atoms with Crippen molar-refractivity contribution in [2.75, 3.05) is 16.8 Å². The third-order valence-corrected chi connectivity index (χ3v) is 9.94. The molecular formula is C29H18Cl2F3N3O5S2. The van der Waals surface area contributed by atoms with E-state index in [1.807, 2.05) is 0 Å². The average molecular weight is 681 g/mol. The molecule has 3 aromatic carbocycles. The Labute approximate surface area is 265 Å². The van der Waals surface area contributed by atoms with Crippen molar-refractivity contribution in [3.05, 3.63) is 102 Å². The van der Waals surface area contributed by atoms with Gasteiger partial charge in [-0.1, -0.05) is 52.4 Å². The highest BCUT2D eigenvalue weighted by Crippen LogP contribution is 2.55. The number of nitrogens with one attached hydrogen (secondary N) is 2. The van der Waals surface area contributed by atoms with E-state index in [9.17, 15) is 32.3 Å². The molecule has 0 aliphatic carbocycles. The molecule has 2 unspecified atom stereocenters. The van der Waals surface area contributed by atoms with E-state index >= 15 is 0 Å². The summed E-state index contributed by atoms with van der Waals surface area (Å²) in [6, 6.07) is 15.0. The second kappa shape index (κ2) is 11.6. The predicted molar refractivity (Wildman–Crippen MR) is 161 cm³/mol. The fourth-order valence-corrected chi connectivity index (χ4v) is 8.01. The van der Waals surface area contributed by atoms with Crippen LogP contribution >= 0.6 is 46.3 Å². The molecule has 44 heavy (non-hydrogen) atoms. The molecule has 2 N–H and O–H groups in total. The fraction of sp³-hybridized carbons (Fsp3) is 0.172. The molecule has 226 valence electrons. The number of thiazole rings is 1. The number of anilines is 2. The lowest BCUT2D eigenvalue weighted by Gasteiger charge is -2.31. The van der Waals surface area contributed by atoms with Crippen LogP contribution in [0.25, 0.3) is 0 Å². The highest BCUT2D eigenvalue weighted by molar-refractivity contribution is 8.00. The van der Waals surface area contributed by atoms with Gasteiger partial charge in [0.05, 0.1) is 22.2 Å². The van der Waals surface area contributed by atoms with E-state index in [2.05, 4.69) is 10.3 Å². The second-order valence-corrected chi connectivity index (χ2v) is 12.9. The summed E-state index contributed by atoms with van der Waals surface area (Å²) in [6.07, 6.45) is -4.69. The number of thioether (sulfide) groups is 1. The number of alkyl halides is 3. The standard InChI is InChI=1S/C29H18Cl2F3N3O5S2/c30-14-4-7-16(8-5-14)35-20(38)12-42-19-9-6-15(31)11-18(19)21-22-24(43-25-23(21)44-28(41)36-25)27(40)37(26(22)39)17-3-1-2-13(10-17)29(32,33)34/h1-11,21-22,24H,12H2,(H,35,38)(H,36,41)/t21-,22?,24?/m1/s1. The number of carbonyl (C=O) groups is 3. The van der Waals surface area contributed by atoms with Gasteiger partial charge < -0.3 is 15.0 Å². The number of carbonyl (C=O) groups excluding carboxylic acids is 3. The Hall–Kier alpha value is -3.78. The summed E-state index contributed by atoms with van der Waals surface area (Å²) in [7, 11) is 0. The maximum Gasteiger partial charge on any atom is 0.416 e. The third-order valence-electron chi connectivity index (χ3n) is 7.05. The predicted octanol–water partition coefficient (Wildman–Crippen LogP) is 6.58. The van der Waals surface area contributed by atoms with Crippen molar-refractivity contribution in [2.24, 2.45) is 5.92 Å². The Morgan fingerprint density at radius 2 is 1.70 bits per heavy atom. The van der Waals surface area contributed by atoms with Gasteiger partial charge in [-0.25, -0.2) is 4.90 Å². The molecule has 1 saturated heterocycles. The average Bonchev–Trinajstić information content (AvgIpc) is 3.47. The molecule has 0 saturated carbocycles. The van der Waals surface area contributed by atoms with Crippen molar-refractivity contribution in [3.8, 4) is 5.75 Å². The number of rotatable bonds is 6. The minimum atomic E-state index is -4.69. The number of hydrogen-bond acceptors (Lipinski definition) is 7. The van der Waals surface area contributed by atoms with Crippen molar-refractivity contribution in [2.45, 2.75) is 22.4 Å². The summed E-state index contributed by atoms with van der Waals surface area (Å²) < 4.78 is 46.3. The van der Waals surface area contributed by atoms with E-state index in [0.29, 0.717) is 26.2 Å². The van der Waals surface area contributed by atoms with Crippen LogP contribution in [0, 0.1) is 5.92 Å². The summed E-state index contributed by atoms with van der Waals surface area (Å²) in [6.45, 7) is -0.438. The Morgan fingerprint density at radius 3 is 2.43 bits per heavy atom. The van der Waals surface area contributed by atoms with Crippen molar-refractivity contribution < 1.29 is 32.3 Å². The zero-order chi connectivity index (χ0) is 31.3. The van der Waals surface area contributed by atoms with E-state index in [4.69, 9.17) is 27.9 Å². The largest absolute Gasteiger partial charge is 0.483 e. The number of aromatic amines is 1. The molecule has 2 aliphatic rings. The van der Waals surface area contributed by atoms with Crippen molar-refractivity contribution in [1.29, 1.82) is 0 Å². The van der Waals surface area contributed by atoms with Gasteiger partial charge in [0.15, 0.2) is 6.61 Å². The Morgan fingerprint density at radius 1 is 0.977 bits per heavy atom. The van der Waals surface area contributed by atoms with Crippen LogP contribution in [0.2, 0.25) is 10.0 Å². The summed E-state index contributed by atoms with van der Waals surface area (Å²) in [5.74, 6) is -3.86. The summed E-state index contributed by atoms with van der Waals surface area (Å²) >= 11 is 14.1. The molecule has 3 heterocycles. The number of amides is 3. The summed E-state index contributed by atoms with van der Waals surface area (Å²) in [5.41, 5.74) is -0.420. The molecule has 1 aromatic heterocycles. The number of imide groups is 1. The van der Waals surface area contributed by atoms with Gasteiger partial charge >= 0.3 is 11.0 Å². The Balaban J connectivity index is 1.36. The highest BCUT2D eigenvalue weighted by atomic mass is 35.5. The number of halogens is 5. The molecule has 8 nitrogen and oxygen atoms in total. The molecule has 3 amide bonds. The van der Waals surface area contributed by atoms with Gasteiger partial charge in [0.2, 0.25) is 11.8 Å². The first kappa shape index (κ1) is 30.3. The van der Waals surface area contributed by atoms with Crippen molar-refractivity contribution in [1.82, 2.24) is 4.98 Å². The zero-order valence-electron chi connectivity index (χ0n) is 22.0. The first-order chi connectivity index (χ1) is 20.9. The molecule has 6 rings (SSSR count). The van der Waals surface area contributed by atoms with Crippen LogP contribution in [-0.2, 0) is 20.6 Å². The van der Waals surface area contributed by atoms with Gasteiger partial charge in [0.1, 0.15) is 11.0 Å². The fourth-order valence-electron chi connectivity index (χ4n) is 5.20. The highest BCUT2D eigenvalue weighted by Gasteiger charge is 2.57. The second-order valence-electron chi connectivity index (χ2n) is 9.84. The third kappa shape index (κ3) is 5.72. The van der Waals surface area contributed by atoms with Crippen molar-refractivity contribution in [3.63, 3.8) is 0 Å². The SMILES string of the molecule is O=C(COc1ccc(Cl)cc1[C@H]1c2sc(=O)[nH]c2SC2C(=O)N(c3cccc(C(F)(F)F)c3)C(=O)C21)Nc1ccc(Cl)cc1. The van der Waals surface area contributed by atoms with Gasteiger partial charge in [0, 0.05) is 32.1 Å². The van der Waals surface area contributed by atoms with Gasteiger partial charge in [-0.3, -0.25) is 19.2 Å². The van der Waals surface area contributed by atoms with Crippen LogP contribution in [0.1, 0.15) is 21.9 Å². The maximum absolute atomic E-state index is 14.0. The van der Waals surface area contributed by atoms with Crippen LogP contribution in [0.15, 0.2) is 76.6 Å². The lowest BCUT2D eigenvalue weighted by atomic mass is 9.82. The smallest absolute Gasteiger partial charge is 0.416 e. The van der Waals surface area contributed by atoms with Gasteiger partial charge in [-0.2, -0.15) is 13.2 Å². The Bertz CT molecular complexity index is 1860. The number of nitrogens with zero attached hydrogens (tertiary/aromatic N) is 1. The quantitative estimate of drug-likeness (QED) is 0.223. The number of benzene rings is 3. The number of ether oxygens (including phenoxy) is 1. The molecule has 0 bridgehead atoms. The number of hydrogen-bond donors (Lipinski definition) is 2. The van der Waals surface area contributed by atoms with Crippen LogP contribution in [0.4, 0.5) is 24.5 Å². The molecule has 2 aliphatic heterocycles. The van der Waals surface area contributed by atoms with E-state index in [-0.39, 0.29) is 16.5 Å². The number of aromatic nitrogens is 1. The van der Waals surface area contributed by atoms with E-state index in [1.165, 1.54) is 24.3 Å². The van der Waals surface area contributed by atoms with Gasteiger partial charge in [-0.15, -0.1) is 0 Å². The van der Waals surface area contributed by atoms with Crippen LogP contribution < -0.4 is 19.8 Å². The molecule has 3 atom stereocenters. The van der Waals surface area contributed by atoms with E-state index in [0.717, 1.165) is 46.2 Å². The zero-order valence-corrected chi connectivity index (χ0v) is 25.1.